The number of hydrogen-bond donors (Lipinski definition) is 2. The van der Waals surface area contributed by atoms with Crippen LogP contribution in [0.4, 0.5) is 5.69 Å². The lowest BCUT2D eigenvalue weighted by molar-refractivity contribution is -0.114. The monoisotopic (exact) mass is 177 g/mol. The van der Waals surface area contributed by atoms with E-state index in [-0.39, 0.29) is 12.5 Å². The Hall–Kier alpha value is -1.68. The molecule has 13 heavy (non-hydrogen) atoms. The molecule has 0 bridgehead atoms. The van der Waals surface area contributed by atoms with Crippen LogP contribution in [0, 0.1) is 0 Å². The Labute approximate surface area is 75.7 Å². The number of hydrogen-bond acceptors (Lipinski definition) is 3. The molecular weight excluding hydrogens is 168 g/mol. The number of carbonyl (C=O) groups excluding carboxylic acids is 2. The van der Waals surface area contributed by atoms with Gasteiger partial charge in [0.25, 0.3) is 0 Å². The van der Waals surface area contributed by atoms with Gasteiger partial charge in [-0.15, -0.1) is 0 Å². The average Bonchev–Trinajstić information content (AvgIpc) is 2.19. The molecule has 0 unspecified atom stereocenters. The molecule has 0 saturated heterocycles. The molecule has 0 aliphatic carbocycles. The van der Waals surface area contributed by atoms with Crippen molar-refractivity contribution in [2.24, 2.45) is 5.73 Å². The van der Waals surface area contributed by atoms with E-state index in [1.807, 2.05) is 0 Å². The highest BCUT2D eigenvalue weighted by Crippen LogP contribution is 2.07. The van der Waals surface area contributed by atoms with Crippen LogP contribution in [-0.4, -0.2) is 18.7 Å². The number of nitrogens with one attached hydrogen (secondary N) is 1. The van der Waals surface area contributed by atoms with Crippen LogP contribution in [0.2, 0.25) is 0 Å². The molecule has 3 N–H and O–H groups in total. The second kappa shape index (κ2) is 4.37. The van der Waals surface area contributed by atoms with E-state index < -0.39 is 0 Å². The zero-order valence-corrected chi connectivity index (χ0v) is 6.91. The highest BCUT2D eigenvalue weighted by molar-refractivity contribution is 5.92. The van der Waals surface area contributed by atoms with Gasteiger partial charge in [-0.2, -0.15) is 0 Å². The minimum absolute atomic E-state index is 0.0540. The van der Waals surface area contributed by atoms with Crippen molar-refractivity contribution in [2.75, 3.05) is 11.9 Å². The Balaban J connectivity index is 2.69. The molecule has 4 nitrogen and oxygen atoms in total. The molecule has 0 fully saturated rings. The van der Waals surface area contributed by atoms with Gasteiger partial charge in [-0.3, -0.25) is 9.59 Å². The average molecular weight is 177 g/mol. The topological polar surface area (TPSA) is 72.2 Å². The van der Waals surface area contributed by atoms with Gasteiger partial charge in [-0.25, -0.2) is 0 Å². The van der Waals surface area contributed by atoms with Crippen LogP contribution in [0.15, 0.2) is 24.3 Å². The summed E-state index contributed by atoms with van der Waals surface area (Å²) in [4.78, 5) is 21.0. The Bertz CT molecular complexity index is 306. The number of carbonyl (C=O) groups is 1. The van der Waals surface area contributed by atoms with Crippen LogP contribution in [-0.2, 0) is 9.59 Å². The number of nitrogens with two attached hydrogens (primary N) is 1. The van der Waals surface area contributed by atoms with Gasteiger partial charge in [0.1, 0.15) is 0 Å². The normalized spacial score (nSPS) is 9.31. The third-order valence-corrected chi connectivity index (χ3v) is 1.47. The SMILES string of the molecule is NCC(=O)Nc1ccc([C]=O)cc1. The molecule has 67 valence electrons. The van der Waals surface area contributed by atoms with E-state index in [0.717, 1.165) is 0 Å². The standard InChI is InChI=1S/C9H9N2O2/c10-5-9(13)11-8-3-1-7(6-12)2-4-8/h1-4H,5,10H2,(H,11,13). The maximum absolute atomic E-state index is 10.8. The van der Waals surface area contributed by atoms with Gasteiger partial charge in [-0.05, 0) is 24.3 Å². The van der Waals surface area contributed by atoms with E-state index in [2.05, 4.69) is 5.32 Å². The molecule has 1 aromatic rings. The second-order valence-electron chi connectivity index (χ2n) is 2.43. The molecule has 1 amide bonds. The predicted molar refractivity (Wildman–Crippen MR) is 48.9 cm³/mol. The zero-order valence-electron chi connectivity index (χ0n) is 6.91. The van der Waals surface area contributed by atoms with Gasteiger partial charge < -0.3 is 11.1 Å². The summed E-state index contributed by atoms with van der Waals surface area (Å²) in [5.41, 5.74) is 6.17. The summed E-state index contributed by atoms with van der Waals surface area (Å²) < 4.78 is 0. The van der Waals surface area contributed by atoms with Crippen LogP contribution in [0.1, 0.15) is 5.56 Å². The van der Waals surface area contributed by atoms with Gasteiger partial charge >= 0.3 is 0 Å². The van der Waals surface area contributed by atoms with E-state index in [9.17, 15) is 9.59 Å². The summed E-state index contributed by atoms with van der Waals surface area (Å²) in [5, 5.41) is 2.55. The Morgan fingerprint density at radius 2 is 2.00 bits per heavy atom. The lowest BCUT2D eigenvalue weighted by Gasteiger charge is -2.02. The predicted octanol–water partition coefficient (Wildman–Crippen LogP) is 0.0416. The summed E-state index contributed by atoms with van der Waals surface area (Å²) in [7, 11) is 0. The van der Waals surface area contributed by atoms with Crippen molar-refractivity contribution in [2.45, 2.75) is 0 Å². The molecule has 0 heterocycles. The van der Waals surface area contributed by atoms with Crippen molar-refractivity contribution >= 4 is 17.9 Å². The van der Waals surface area contributed by atoms with E-state index in [1.165, 1.54) is 0 Å². The zero-order chi connectivity index (χ0) is 9.68. The number of amides is 1. The van der Waals surface area contributed by atoms with E-state index in [0.29, 0.717) is 11.3 Å². The molecule has 4 heteroatoms. The van der Waals surface area contributed by atoms with Crippen molar-refractivity contribution in [3.05, 3.63) is 29.8 Å². The van der Waals surface area contributed by atoms with Crippen molar-refractivity contribution in [3.8, 4) is 0 Å². The summed E-state index contributed by atoms with van der Waals surface area (Å²) in [6.07, 6.45) is 1.73. The smallest absolute Gasteiger partial charge is 0.238 e. The molecule has 0 aromatic heterocycles. The molecule has 0 aliphatic rings. The van der Waals surface area contributed by atoms with Crippen LogP contribution in [0.3, 0.4) is 0 Å². The fourth-order valence-corrected chi connectivity index (χ4v) is 0.834. The lowest BCUT2D eigenvalue weighted by atomic mass is 10.2. The molecule has 0 aliphatic heterocycles. The van der Waals surface area contributed by atoms with Gasteiger partial charge in [0.15, 0.2) is 0 Å². The maximum Gasteiger partial charge on any atom is 0.238 e. The first kappa shape index (κ1) is 9.41. The highest BCUT2D eigenvalue weighted by atomic mass is 16.1. The summed E-state index contributed by atoms with van der Waals surface area (Å²) >= 11 is 0. The van der Waals surface area contributed by atoms with Crippen LogP contribution in [0.5, 0.6) is 0 Å². The Morgan fingerprint density at radius 1 is 1.38 bits per heavy atom. The summed E-state index contributed by atoms with van der Waals surface area (Å²) in [5.74, 6) is -0.261. The van der Waals surface area contributed by atoms with Crippen molar-refractivity contribution in [1.29, 1.82) is 0 Å². The van der Waals surface area contributed by atoms with Crippen LogP contribution in [0.25, 0.3) is 0 Å². The maximum atomic E-state index is 10.8. The molecular formula is C9H9N2O2. The minimum Gasteiger partial charge on any atom is -0.325 e. The van der Waals surface area contributed by atoms with E-state index in [4.69, 9.17) is 5.73 Å². The van der Waals surface area contributed by atoms with Crippen molar-refractivity contribution in [3.63, 3.8) is 0 Å². The first-order valence-electron chi connectivity index (χ1n) is 3.74. The van der Waals surface area contributed by atoms with Crippen LogP contribution >= 0.6 is 0 Å². The fourth-order valence-electron chi connectivity index (χ4n) is 0.834. The largest absolute Gasteiger partial charge is 0.325 e. The highest BCUT2D eigenvalue weighted by Gasteiger charge is 1.98. The summed E-state index contributed by atoms with van der Waals surface area (Å²) in [6, 6.07) is 6.37. The Morgan fingerprint density at radius 3 is 2.46 bits per heavy atom. The van der Waals surface area contributed by atoms with E-state index in [1.54, 1.807) is 30.6 Å². The van der Waals surface area contributed by atoms with Crippen molar-refractivity contribution < 1.29 is 9.59 Å². The third kappa shape index (κ3) is 2.68. The van der Waals surface area contributed by atoms with Gasteiger partial charge in [0, 0.05) is 11.3 Å². The molecule has 1 aromatic carbocycles. The van der Waals surface area contributed by atoms with Crippen LogP contribution < -0.4 is 11.1 Å². The molecule has 0 spiro atoms. The van der Waals surface area contributed by atoms with Gasteiger partial charge in [0.05, 0.1) is 6.54 Å². The van der Waals surface area contributed by atoms with Gasteiger partial charge in [0.2, 0.25) is 12.2 Å². The second-order valence-corrected chi connectivity index (χ2v) is 2.43. The third-order valence-electron chi connectivity index (χ3n) is 1.47. The number of anilines is 1. The van der Waals surface area contributed by atoms with E-state index >= 15 is 0 Å². The molecule has 1 radical (unpaired) electrons. The van der Waals surface area contributed by atoms with Gasteiger partial charge in [-0.1, -0.05) is 0 Å². The molecule has 0 saturated carbocycles. The summed E-state index contributed by atoms with van der Waals surface area (Å²) in [6.45, 7) is -0.0540. The minimum atomic E-state index is -0.261. The lowest BCUT2D eigenvalue weighted by Crippen LogP contribution is -2.21. The number of benzene rings is 1. The first-order chi connectivity index (χ1) is 6.26. The Kier molecular flexibility index (Phi) is 3.16. The van der Waals surface area contributed by atoms with Crippen molar-refractivity contribution in [1.82, 2.24) is 0 Å². The first-order valence-corrected chi connectivity index (χ1v) is 3.74. The fraction of sp³-hybridized carbons (Fsp3) is 0.111. The molecule has 1 rings (SSSR count). The molecule has 0 atom stereocenters. The quantitative estimate of drug-likeness (QED) is 0.684. The number of rotatable bonds is 3.